The van der Waals surface area contributed by atoms with Gasteiger partial charge in [-0.05, 0) is 51.0 Å². The highest BCUT2D eigenvalue weighted by Gasteiger charge is 2.24. The van der Waals surface area contributed by atoms with Crippen molar-refractivity contribution in [3.05, 3.63) is 24.3 Å². The van der Waals surface area contributed by atoms with E-state index >= 15 is 0 Å². The van der Waals surface area contributed by atoms with E-state index < -0.39 is 0 Å². The molecule has 1 aromatic carbocycles. The highest BCUT2D eigenvalue weighted by atomic mass is 16.5. The summed E-state index contributed by atoms with van der Waals surface area (Å²) in [5.41, 5.74) is 2.50. The number of ether oxygens (including phenoxy) is 1. The van der Waals surface area contributed by atoms with Gasteiger partial charge >= 0.3 is 0 Å². The zero-order chi connectivity index (χ0) is 14.4. The average Bonchev–Trinajstić information content (AvgIpc) is 2.51. The fourth-order valence-corrected chi connectivity index (χ4v) is 3.12. The molecule has 1 aromatic rings. The summed E-state index contributed by atoms with van der Waals surface area (Å²) in [5, 5.41) is 3.64. The molecule has 1 fully saturated rings. The SMILES string of the molecule is CCN(CC)c1ccc(NC2CCCCC2OC)cc1. The highest BCUT2D eigenvalue weighted by molar-refractivity contribution is 5.55. The van der Waals surface area contributed by atoms with Crippen molar-refractivity contribution in [2.45, 2.75) is 51.7 Å². The van der Waals surface area contributed by atoms with Crippen LogP contribution in [-0.2, 0) is 4.74 Å². The summed E-state index contributed by atoms with van der Waals surface area (Å²) in [4.78, 5) is 2.36. The molecule has 3 heteroatoms. The first-order valence-electron chi connectivity index (χ1n) is 7.92. The van der Waals surface area contributed by atoms with Gasteiger partial charge in [0, 0.05) is 31.6 Å². The van der Waals surface area contributed by atoms with Crippen LogP contribution < -0.4 is 10.2 Å². The molecular formula is C17H28N2O. The summed E-state index contributed by atoms with van der Waals surface area (Å²) in [6, 6.07) is 9.25. The smallest absolute Gasteiger partial charge is 0.0772 e. The second-order valence-electron chi connectivity index (χ2n) is 5.53. The second kappa shape index (κ2) is 7.53. The van der Waals surface area contributed by atoms with Crippen LogP contribution in [0.4, 0.5) is 11.4 Å². The minimum Gasteiger partial charge on any atom is -0.380 e. The zero-order valence-corrected chi connectivity index (χ0v) is 13.1. The maximum absolute atomic E-state index is 5.60. The molecule has 1 aliphatic rings. The maximum Gasteiger partial charge on any atom is 0.0772 e. The van der Waals surface area contributed by atoms with E-state index in [1.54, 1.807) is 0 Å². The lowest BCUT2D eigenvalue weighted by molar-refractivity contribution is 0.0606. The Kier molecular flexibility index (Phi) is 5.72. The van der Waals surface area contributed by atoms with Crippen molar-refractivity contribution in [3.8, 4) is 0 Å². The van der Waals surface area contributed by atoms with Crippen LogP contribution in [0.15, 0.2) is 24.3 Å². The molecule has 2 atom stereocenters. The quantitative estimate of drug-likeness (QED) is 0.852. The van der Waals surface area contributed by atoms with E-state index in [0.29, 0.717) is 12.1 Å². The van der Waals surface area contributed by atoms with Crippen LogP contribution in [0.5, 0.6) is 0 Å². The largest absolute Gasteiger partial charge is 0.380 e. The summed E-state index contributed by atoms with van der Waals surface area (Å²) in [6.07, 6.45) is 5.32. The monoisotopic (exact) mass is 276 g/mol. The number of nitrogens with zero attached hydrogens (tertiary/aromatic N) is 1. The number of hydrogen-bond acceptors (Lipinski definition) is 3. The topological polar surface area (TPSA) is 24.5 Å². The van der Waals surface area contributed by atoms with Gasteiger partial charge in [-0.15, -0.1) is 0 Å². The lowest BCUT2D eigenvalue weighted by atomic mass is 9.92. The lowest BCUT2D eigenvalue weighted by Gasteiger charge is -2.32. The van der Waals surface area contributed by atoms with E-state index in [0.717, 1.165) is 13.1 Å². The van der Waals surface area contributed by atoms with Gasteiger partial charge in [0.25, 0.3) is 0 Å². The summed E-state index contributed by atoms with van der Waals surface area (Å²) in [7, 11) is 1.83. The number of nitrogens with one attached hydrogen (secondary N) is 1. The molecule has 112 valence electrons. The van der Waals surface area contributed by atoms with Gasteiger partial charge in [-0.3, -0.25) is 0 Å². The first kappa shape index (κ1) is 15.2. The van der Waals surface area contributed by atoms with Crippen LogP contribution in [0.25, 0.3) is 0 Å². The van der Waals surface area contributed by atoms with Gasteiger partial charge in [0.05, 0.1) is 12.1 Å². The molecule has 20 heavy (non-hydrogen) atoms. The third-order valence-electron chi connectivity index (χ3n) is 4.35. The summed E-state index contributed by atoms with van der Waals surface area (Å²) in [6.45, 7) is 6.50. The third-order valence-corrected chi connectivity index (χ3v) is 4.35. The first-order chi connectivity index (χ1) is 9.78. The Morgan fingerprint density at radius 3 is 2.35 bits per heavy atom. The standard InChI is InChI=1S/C17H28N2O/c1-4-19(5-2)15-12-10-14(11-13-15)18-16-8-6-7-9-17(16)20-3/h10-13,16-18H,4-9H2,1-3H3. The predicted molar refractivity (Wildman–Crippen MR) is 86.7 cm³/mol. The van der Waals surface area contributed by atoms with Crippen molar-refractivity contribution in [2.24, 2.45) is 0 Å². The average molecular weight is 276 g/mol. The number of rotatable bonds is 6. The molecule has 0 amide bonds. The van der Waals surface area contributed by atoms with Crippen LogP contribution in [-0.4, -0.2) is 32.3 Å². The van der Waals surface area contributed by atoms with Crippen molar-refractivity contribution in [1.82, 2.24) is 0 Å². The minimum absolute atomic E-state index is 0.353. The molecule has 1 N–H and O–H groups in total. The molecular weight excluding hydrogens is 248 g/mol. The van der Waals surface area contributed by atoms with Gasteiger partial charge in [0.1, 0.15) is 0 Å². The fourth-order valence-electron chi connectivity index (χ4n) is 3.12. The van der Waals surface area contributed by atoms with Gasteiger partial charge in [0.2, 0.25) is 0 Å². The molecule has 0 bridgehead atoms. The number of anilines is 2. The fraction of sp³-hybridized carbons (Fsp3) is 0.647. The van der Waals surface area contributed by atoms with Crippen molar-refractivity contribution >= 4 is 11.4 Å². The Bertz CT molecular complexity index is 386. The number of hydrogen-bond donors (Lipinski definition) is 1. The second-order valence-corrected chi connectivity index (χ2v) is 5.53. The Labute approximate surface area is 123 Å². The number of benzene rings is 1. The van der Waals surface area contributed by atoms with Crippen molar-refractivity contribution in [2.75, 3.05) is 30.4 Å². The molecule has 1 saturated carbocycles. The Morgan fingerprint density at radius 1 is 1.10 bits per heavy atom. The molecule has 0 radical (unpaired) electrons. The van der Waals surface area contributed by atoms with E-state index in [2.05, 4.69) is 48.3 Å². The van der Waals surface area contributed by atoms with Crippen LogP contribution in [0.2, 0.25) is 0 Å². The third kappa shape index (κ3) is 3.66. The highest BCUT2D eigenvalue weighted by Crippen LogP contribution is 2.25. The Morgan fingerprint density at radius 2 is 1.75 bits per heavy atom. The molecule has 0 spiro atoms. The molecule has 2 rings (SSSR count). The van der Waals surface area contributed by atoms with Gasteiger partial charge in [-0.2, -0.15) is 0 Å². The first-order valence-corrected chi connectivity index (χ1v) is 7.92. The van der Waals surface area contributed by atoms with E-state index in [9.17, 15) is 0 Å². The van der Waals surface area contributed by atoms with E-state index in [-0.39, 0.29) is 0 Å². The molecule has 0 aliphatic heterocycles. The van der Waals surface area contributed by atoms with Gasteiger partial charge in [-0.1, -0.05) is 12.8 Å². The van der Waals surface area contributed by atoms with Crippen LogP contribution in [0.3, 0.4) is 0 Å². The van der Waals surface area contributed by atoms with Crippen molar-refractivity contribution < 1.29 is 4.74 Å². The summed E-state index contributed by atoms with van der Waals surface area (Å²) < 4.78 is 5.60. The van der Waals surface area contributed by atoms with E-state index in [4.69, 9.17) is 4.74 Å². The summed E-state index contributed by atoms with van der Waals surface area (Å²) >= 11 is 0. The zero-order valence-electron chi connectivity index (χ0n) is 13.1. The molecule has 0 heterocycles. The summed E-state index contributed by atoms with van der Waals surface area (Å²) in [5.74, 6) is 0. The predicted octanol–water partition coefficient (Wildman–Crippen LogP) is 3.90. The molecule has 2 unspecified atom stereocenters. The molecule has 1 aliphatic carbocycles. The van der Waals surface area contributed by atoms with E-state index in [1.807, 2.05) is 7.11 Å². The maximum atomic E-state index is 5.60. The molecule has 0 aromatic heterocycles. The normalized spacial score (nSPS) is 22.6. The minimum atomic E-state index is 0.353. The van der Waals surface area contributed by atoms with Crippen molar-refractivity contribution in [3.63, 3.8) is 0 Å². The van der Waals surface area contributed by atoms with Crippen molar-refractivity contribution in [1.29, 1.82) is 0 Å². The molecule has 3 nitrogen and oxygen atoms in total. The van der Waals surface area contributed by atoms with Crippen LogP contribution >= 0.6 is 0 Å². The Hall–Kier alpha value is -1.22. The molecule has 0 saturated heterocycles. The lowest BCUT2D eigenvalue weighted by Crippen LogP contribution is -2.37. The van der Waals surface area contributed by atoms with Gasteiger partial charge in [0.15, 0.2) is 0 Å². The van der Waals surface area contributed by atoms with Gasteiger partial charge in [-0.25, -0.2) is 0 Å². The van der Waals surface area contributed by atoms with Crippen LogP contribution in [0.1, 0.15) is 39.5 Å². The Balaban J connectivity index is 1.99. The van der Waals surface area contributed by atoms with Gasteiger partial charge < -0.3 is 15.0 Å². The van der Waals surface area contributed by atoms with Crippen LogP contribution in [0, 0.1) is 0 Å². The number of methoxy groups -OCH3 is 1. The van der Waals surface area contributed by atoms with E-state index in [1.165, 1.54) is 37.1 Å².